The van der Waals surface area contributed by atoms with Crippen molar-refractivity contribution in [2.24, 2.45) is 0 Å². The van der Waals surface area contributed by atoms with Crippen molar-refractivity contribution in [1.82, 2.24) is 4.98 Å². The third-order valence-electron chi connectivity index (χ3n) is 5.16. The van der Waals surface area contributed by atoms with Gasteiger partial charge in [-0.25, -0.2) is 4.98 Å². The monoisotopic (exact) mass is 419 g/mol. The van der Waals surface area contributed by atoms with Crippen LogP contribution < -0.4 is 20.1 Å². The first-order valence-electron chi connectivity index (χ1n) is 10.2. The normalized spacial score (nSPS) is 12.2. The van der Waals surface area contributed by atoms with Crippen molar-refractivity contribution in [3.63, 3.8) is 0 Å². The van der Waals surface area contributed by atoms with Gasteiger partial charge in [0.2, 0.25) is 0 Å². The van der Waals surface area contributed by atoms with E-state index in [9.17, 15) is 4.79 Å². The number of nitrogens with zero attached hydrogens (tertiary/aromatic N) is 2. The molecule has 0 radical (unpaired) electrons. The Labute approximate surface area is 181 Å². The highest BCUT2D eigenvalue weighted by Crippen LogP contribution is 2.40. The zero-order valence-electron chi connectivity index (χ0n) is 17.4. The summed E-state index contributed by atoms with van der Waals surface area (Å²) < 4.78 is 17.0. The van der Waals surface area contributed by atoms with E-state index in [0.717, 1.165) is 35.4 Å². The van der Waals surface area contributed by atoms with Crippen LogP contribution in [0.25, 0.3) is 0 Å². The number of carbonyl (C=O) groups excluding carboxylic acids is 1. The van der Waals surface area contributed by atoms with Gasteiger partial charge < -0.3 is 24.8 Å². The van der Waals surface area contributed by atoms with Crippen LogP contribution in [0.5, 0.6) is 17.2 Å². The molecule has 1 aromatic heterocycles. The molecule has 1 aliphatic heterocycles. The minimum atomic E-state index is -0.299. The van der Waals surface area contributed by atoms with E-state index in [2.05, 4.69) is 4.98 Å². The van der Waals surface area contributed by atoms with Crippen LogP contribution in [0.15, 0.2) is 60.8 Å². The molecule has 0 atom stereocenters. The Balaban J connectivity index is 1.45. The lowest BCUT2D eigenvalue weighted by Crippen LogP contribution is -2.29. The number of methoxy groups -OCH3 is 1. The summed E-state index contributed by atoms with van der Waals surface area (Å²) in [6.07, 6.45) is 3.32. The first-order chi connectivity index (χ1) is 15.1. The maximum Gasteiger partial charge on any atom is 0.325 e. The van der Waals surface area contributed by atoms with Gasteiger partial charge in [0.15, 0.2) is 5.75 Å². The fraction of sp³-hybridized carbons (Fsp3) is 0.250. The molecule has 2 N–H and O–H groups in total. The molecule has 0 saturated carbocycles. The number of hydrogen-bond donors (Lipinski definition) is 1. The standard InChI is InChI=1S/C24H25N3O4/c1-29-23(28)16-27-15-18-10-11-19(14-22(18)31-21-9-3-2-8-20(21)27)30-13-5-7-17-6-4-12-26-24(17)25/h2-4,6,8-12,14H,5,7,13,15-16H2,1H3,(H2,25,26). The first kappa shape index (κ1) is 20.5. The SMILES string of the molecule is COC(=O)CN1Cc2ccc(OCCCc3cccnc3N)cc2Oc2ccccc21. The second-order valence-electron chi connectivity index (χ2n) is 7.27. The van der Waals surface area contributed by atoms with Gasteiger partial charge in [0, 0.05) is 24.4 Å². The molecule has 7 nitrogen and oxygen atoms in total. The molecule has 7 heteroatoms. The average molecular weight is 419 g/mol. The molecule has 3 aromatic rings. The van der Waals surface area contributed by atoms with Crippen LogP contribution in [0.1, 0.15) is 17.5 Å². The van der Waals surface area contributed by atoms with Crippen LogP contribution in [0.3, 0.4) is 0 Å². The minimum Gasteiger partial charge on any atom is -0.493 e. The van der Waals surface area contributed by atoms with E-state index in [-0.39, 0.29) is 12.5 Å². The summed E-state index contributed by atoms with van der Waals surface area (Å²) in [6.45, 7) is 1.23. The molecule has 2 aromatic carbocycles. The fourth-order valence-corrected chi connectivity index (χ4v) is 3.54. The Morgan fingerprint density at radius 3 is 2.87 bits per heavy atom. The van der Waals surface area contributed by atoms with Crippen LogP contribution in [0.2, 0.25) is 0 Å². The van der Waals surface area contributed by atoms with E-state index in [0.29, 0.717) is 30.5 Å². The molecule has 1 aliphatic rings. The topological polar surface area (TPSA) is 86.9 Å². The molecule has 160 valence electrons. The molecular weight excluding hydrogens is 394 g/mol. The van der Waals surface area contributed by atoms with Gasteiger partial charge in [-0.05, 0) is 48.7 Å². The first-order valence-corrected chi connectivity index (χ1v) is 10.2. The van der Waals surface area contributed by atoms with Crippen molar-refractivity contribution >= 4 is 17.5 Å². The highest BCUT2D eigenvalue weighted by atomic mass is 16.5. The third kappa shape index (κ3) is 4.88. The van der Waals surface area contributed by atoms with Gasteiger partial charge in [0.25, 0.3) is 0 Å². The van der Waals surface area contributed by atoms with E-state index in [1.54, 1.807) is 6.20 Å². The molecule has 0 saturated heterocycles. The lowest BCUT2D eigenvalue weighted by atomic mass is 10.1. The molecule has 0 amide bonds. The van der Waals surface area contributed by atoms with Crippen LogP contribution in [0.4, 0.5) is 11.5 Å². The summed E-state index contributed by atoms with van der Waals surface area (Å²) in [5, 5.41) is 0. The second-order valence-corrected chi connectivity index (χ2v) is 7.27. The number of nitrogens with two attached hydrogens (primary N) is 1. The summed E-state index contributed by atoms with van der Waals surface area (Å²) in [7, 11) is 1.39. The maximum atomic E-state index is 11.9. The molecule has 0 fully saturated rings. The summed E-state index contributed by atoms with van der Waals surface area (Å²) in [6, 6.07) is 17.3. The summed E-state index contributed by atoms with van der Waals surface area (Å²) in [5.41, 5.74) is 8.74. The van der Waals surface area contributed by atoms with Gasteiger partial charge >= 0.3 is 5.97 Å². The highest BCUT2D eigenvalue weighted by Gasteiger charge is 2.23. The summed E-state index contributed by atoms with van der Waals surface area (Å²) >= 11 is 0. The molecule has 2 heterocycles. The molecule has 0 spiro atoms. The number of nitrogen functional groups attached to an aromatic ring is 1. The number of fused-ring (bicyclic) bond motifs is 2. The molecule has 0 unspecified atom stereocenters. The Morgan fingerprint density at radius 2 is 2.03 bits per heavy atom. The fourth-order valence-electron chi connectivity index (χ4n) is 3.54. The number of pyridine rings is 1. The van der Waals surface area contributed by atoms with E-state index >= 15 is 0 Å². The van der Waals surface area contributed by atoms with E-state index in [4.69, 9.17) is 19.9 Å². The van der Waals surface area contributed by atoms with E-state index < -0.39 is 0 Å². The second kappa shape index (κ2) is 9.38. The number of ether oxygens (including phenoxy) is 3. The molecule has 4 rings (SSSR count). The van der Waals surface area contributed by atoms with E-state index in [1.807, 2.05) is 59.5 Å². The summed E-state index contributed by atoms with van der Waals surface area (Å²) in [5.74, 6) is 2.41. The quantitative estimate of drug-likeness (QED) is 0.458. The largest absolute Gasteiger partial charge is 0.493 e. The Morgan fingerprint density at radius 1 is 1.16 bits per heavy atom. The molecule has 0 aliphatic carbocycles. The van der Waals surface area contributed by atoms with Crippen LogP contribution in [-0.2, 0) is 22.5 Å². The average Bonchev–Trinajstić information content (AvgIpc) is 2.94. The summed E-state index contributed by atoms with van der Waals surface area (Å²) in [4.78, 5) is 18.0. The number of anilines is 2. The Hall–Kier alpha value is -3.74. The number of esters is 1. The zero-order valence-corrected chi connectivity index (χ0v) is 17.4. The predicted octanol–water partition coefficient (Wildman–Crippen LogP) is 3.96. The molecule has 0 bridgehead atoms. The maximum absolute atomic E-state index is 11.9. The smallest absolute Gasteiger partial charge is 0.325 e. The van der Waals surface area contributed by atoms with Crippen LogP contribution >= 0.6 is 0 Å². The zero-order chi connectivity index (χ0) is 21.6. The number of carbonyl (C=O) groups is 1. The minimum absolute atomic E-state index is 0.145. The number of rotatable bonds is 7. The predicted molar refractivity (Wildman–Crippen MR) is 118 cm³/mol. The van der Waals surface area contributed by atoms with Gasteiger partial charge in [0.05, 0.1) is 19.4 Å². The van der Waals surface area contributed by atoms with Crippen molar-refractivity contribution in [3.05, 3.63) is 71.9 Å². The van der Waals surface area contributed by atoms with Gasteiger partial charge in [-0.1, -0.05) is 18.2 Å². The molecule has 31 heavy (non-hydrogen) atoms. The van der Waals surface area contributed by atoms with Crippen molar-refractivity contribution in [3.8, 4) is 17.2 Å². The van der Waals surface area contributed by atoms with Gasteiger partial charge in [-0.2, -0.15) is 0 Å². The number of aromatic nitrogens is 1. The number of para-hydroxylation sites is 2. The Bertz CT molecular complexity index is 1070. The van der Waals surface area contributed by atoms with Crippen LogP contribution in [0, 0.1) is 0 Å². The number of benzene rings is 2. The highest BCUT2D eigenvalue weighted by molar-refractivity contribution is 5.77. The van der Waals surface area contributed by atoms with Crippen LogP contribution in [-0.4, -0.2) is 31.2 Å². The van der Waals surface area contributed by atoms with Crippen molar-refractivity contribution in [2.75, 3.05) is 30.9 Å². The van der Waals surface area contributed by atoms with Gasteiger partial charge in [-0.15, -0.1) is 0 Å². The van der Waals surface area contributed by atoms with Crippen molar-refractivity contribution in [2.45, 2.75) is 19.4 Å². The Kier molecular flexibility index (Phi) is 6.21. The molecular formula is C24H25N3O4. The van der Waals surface area contributed by atoms with Crippen molar-refractivity contribution in [1.29, 1.82) is 0 Å². The van der Waals surface area contributed by atoms with Gasteiger partial charge in [0.1, 0.15) is 23.9 Å². The number of aryl methyl sites for hydroxylation is 1. The lowest BCUT2D eigenvalue weighted by Gasteiger charge is -2.22. The van der Waals surface area contributed by atoms with E-state index in [1.165, 1.54) is 7.11 Å². The number of hydrogen-bond acceptors (Lipinski definition) is 7. The van der Waals surface area contributed by atoms with Gasteiger partial charge in [-0.3, -0.25) is 4.79 Å². The van der Waals surface area contributed by atoms with Crippen molar-refractivity contribution < 1.29 is 19.0 Å². The lowest BCUT2D eigenvalue weighted by molar-refractivity contribution is -0.138. The third-order valence-corrected chi connectivity index (χ3v) is 5.16.